The number of benzene rings is 3. The molecule has 0 spiro atoms. The lowest BCUT2D eigenvalue weighted by Crippen LogP contribution is -2.33. The maximum atomic E-state index is 14.1. The smallest absolute Gasteiger partial charge is 0.252 e. The number of hydrogen-bond donors (Lipinski definition) is 1. The van der Waals surface area contributed by atoms with Gasteiger partial charge >= 0.3 is 0 Å². The highest BCUT2D eigenvalue weighted by Gasteiger charge is 2.30. The average Bonchev–Trinajstić information content (AvgIpc) is 3.28. The first-order chi connectivity index (χ1) is 16.7. The highest BCUT2D eigenvalue weighted by Crippen LogP contribution is 2.30. The van der Waals surface area contributed by atoms with Crippen molar-refractivity contribution in [3.8, 4) is 0 Å². The van der Waals surface area contributed by atoms with Crippen molar-refractivity contribution in [1.29, 1.82) is 0 Å². The summed E-state index contributed by atoms with van der Waals surface area (Å²) in [7, 11) is -4.03. The number of nitrogens with one attached hydrogen (secondary N) is 1. The number of hydrogen-bond acceptors (Lipinski definition) is 6. The number of sulfonamides is 1. The number of aromatic nitrogens is 3. The minimum absolute atomic E-state index is 0.0805. The Labute approximate surface area is 207 Å². The first kappa shape index (κ1) is 23.3. The van der Waals surface area contributed by atoms with Crippen LogP contribution in [0.3, 0.4) is 0 Å². The van der Waals surface area contributed by atoms with Crippen LogP contribution >= 0.6 is 11.7 Å². The monoisotopic (exact) mass is 504 g/mol. The van der Waals surface area contributed by atoms with E-state index in [0.29, 0.717) is 22.2 Å². The third-order valence-electron chi connectivity index (χ3n) is 6.09. The topological polar surface area (TPSA) is 96.0 Å². The lowest BCUT2D eigenvalue weighted by Gasteiger charge is -2.23. The van der Waals surface area contributed by atoms with Gasteiger partial charge in [-0.25, -0.2) is 8.42 Å². The summed E-state index contributed by atoms with van der Waals surface area (Å²) in [5.74, 6) is 0. The number of nitrogens with zero attached hydrogens (tertiary/aromatic N) is 3. The van der Waals surface area contributed by atoms with Gasteiger partial charge in [0, 0.05) is 18.7 Å². The minimum atomic E-state index is -4.03. The van der Waals surface area contributed by atoms with E-state index in [0.717, 1.165) is 39.3 Å². The van der Waals surface area contributed by atoms with Crippen molar-refractivity contribution in [2.24, 2.45) is 0 Å². The summed E-state index contributed by atoms with van der Waals surface area (Å²) >= 11 is 0.980. The van der Waals surface area contributed by atoms with E-state index in [-0.39, 0.29) is 23.5 Å². The second-order valence-corrected chi connectivity index (χ2v) is 11.2. The van der Waals surface area contributed by atoms with Crippen molar-refractivity contribution < 1.29 is 8.42 Å². The molecule has 5 rings (SSSR count). The normalized spacial score (nSPS) is 12.1. The summed E-state index contributed by atoms with van der Waals surface area (Å²) < 4.78 is 38.1. The second-order valence-electron chi connectivity index (χ2n) is 8.77. The fourth-order valence-electron chi connectivity index (χ4n) is 4.44. The van der Waals surface area contributed by atoms with Gasteiger partial charge in [-0.05, 0) is 61.0 Å². The predicted octanol–water partition coefficient (Wildman–Crippen LogP) is 4.85. The van der Waals surface area contributed by atoms with Crippen LogP contribution in [0.4, 0.5) is 0 Å². The number of pyridine rings is 1. The van der Waals surface area contributed by atoms with Gasteiger partial charge in [0.1, 0.15) is 15.9 Å². The average molecular weight is 505 g/mol. The molecule has 0 aliphatic heterocycles. The van der Waals surface area contributed by atoms with Gasteiger partial charge in [0.25, 0.3) is 5.56 Å². The SMILES string of the molecule is Cc1cc(C)c2[nH]c(=O)c(CN(Cc3ccccc3)S(=O)(=O)c3c(C)ccc4nsnc34)cc2c1. The van der Waals surface area contributed by atoms with Crippen molar-refractivity contribution in [2.45, 2.75) is 38.8 Å². The Morgan fingerprint density at radius 2 is 1.69 bits per heavy atom. The maximum Gasteiger partial charge on any atom is 0.252 e. The molecular formula is C26H24N4O3S2. The van der Waals surface area contributed by atoms with E-state index in [1.807, 2.05) is 56.3 Å². The molecule has 0 aliphatic rings. The van der Waals surface area contributed by atoms with Crippen LogP contribution in [0.25, 0.3) is 21.9 Å². The summed E-state index contributed by atoms with van der Waals surface area (Å²) in [6.07, 6.45) is 0. The Balaban J connectivity index is 1.66. The van der Waals surface area contributed by atoms with E-state index in [2.05, 4.69) is 13.7 Å². The summed E-state index contributed by atoms with van der Waals surface area (Å²) in [6, 6.07) is 18.7. The maximum absolute atomic E-state index is 14.1. The fourth-order valence-corrected chi connectivity index (χ4v) is 6.79. The van der Waals surface area contributed by atoms with E-state index in [9.17, 15) is 13.2 Å². The number of aromatic amines is 1. The molecule has 0 aliphatic carbocycles. The number of aryl methyl sites for hydroxylation is 3. The van der Waals surface area contributed by atoms with Crippen LogP contribution in [0.1, 0.15) is 27.8 Å². The molecule has 9 heteroatoms. The molecule has 2 heterocycles. The molecule has 0 radical (unpaired) electrons. The summed E-state index contributed by atoms with van der Waals surface area (Å²) in [5, 5.41) is 0.871. The van der Waals surface area contributed by atoms with Gasteiger partial charge in [0.15, 0.2) is 0 Å². The standard InChI is InChI=1S/C26H24N4O3S2/c1-16-11-18(3)23-20(12-16)13-21(26(31)27-23)15-30(14-19-7-5-4-6-8-19)35(32,33)25-17(2)9-10-22-24(25)29-34-28-22/h4-13H,14-15H2,1-3H3,(H,27,31). The zero-order valence-corrected chi connectivity index (χ0v) is 21.2. The number of rotatable bonds is 6. The van der Waals surface area contributed by atoms with E-state index < -0.39 is 10.0 Å². The largest absolute Gasteiger partial charge is 0.321 e. The molecule has 0 saturated carbocycles. The molecule has 35 heavy (non-hydrogen) atoms. The minimum Gasteiger partial charge on any atom is -0.321 e. The molecule has 0 atom stereocenters. The van der Waals surface area contributed by atoms with Crippen molar-refractivity contribution in [3.05, 3.63) is 98.8 Å². The van der Waals surface area contributed by atoms with Crippen molar-refractivity contribution in [3.63, 3.8) is 0 Å². The Kier molecular flexibility index (Phi) is 6.00. The van der Waals surface area contributed by atoms with Gasteiger partial charge in [-0.2, -0.15) is 13.1 Å². The lowest BCUT2D eigenvalue weighted by atomic mass is 10.1. The fraction of sp³-hybridized carbons (Fsp3) is 0.192. The summed E-state index contributed by atoms with van der Waals surface area (Å²) in [5.41, 5.74) is 5.17. The third-order valence-corrected chi connectivity index (χ3v) is 8.61. The van der Waals surface area contributed by atoms with Crippen LogP contribution < -0.4 is 5.56 Å². The molecule has 178 valence electrons. The molecule has 2 aromatic heterocycles. The quantitative estimate of drug-likeness (QED) is 0.357. The van der Waals surface area contributed by atoms with Crippen molar-refractivity contribution in [2.75, 3.05) is 0 Å². The molecule has 3 aromatic carbocycles. The lowest BCUT2D eigenvalue weighted by molar-refractivity contribution is 0.400. The highest BCUT2D eigenvalue weighted by atomic mass is 32.2. The van der Waals surface area contributed by atoms with Crippen molar-refractivity contribution >= 4 is 43.7 Å². The Morgan fingerprint density at radius 1 is 0.914 bits per heavy atom. The van der Waals surface area contributed by atoms with Crippen molar-refractivity contribution in [1.82, 2.24) is 18.0 Å². The van der Waals surface area contributed by atoms with Crippen LogP contribution in [-0.2, 0) is 23.1 Å². The molecule has 5 aromatic rings. The van der Waals surface area contributed by atoms with Gasteiger partial charge < -0.3 is 4.98 Å². The molecule has 0 amide bonds. The molecule has 0 saturated heterocycles. The van der Waals surface area contributed by atoms with E-state index in [1.165, 1.54) is 4.31 Å². The van der Waals surface area contributed by atoms with Crippen LogP contribution in [0.2, 0.25) is 0 Å². The summed E-state index contributed by atoms with van der Waals surface area (Å²) in [6.45, 7) is 5.72. The molecule has 1 N–H and O–H groups in total. The third kappa shape index (κ3) is 4.38. The Hall–Kier alpha value is -3.40. The first-order valence-electron chi connectivity index (χ1n) is 11.1. The first-order valence-corrected chi connectivity index (χ1v) is 13.3. The number of fused-ring (bicyclic) bond motifs is 2. The van der Waals surface area contributed by atoms with E-state index in [1.54, 1.807) is 25.1 Å². The Bertz CT molecular complexity index is 1720. The summed E-state index contributed by atoms with van der Waals surface area (Å²) in [4.78, 5) is 16.1. The van der Waals surface area contributed by atoms with Crippen LogP contribution in [0.15, 0.2) is 70.4 Å². The van der Waals surface area contributed by atoms with Crippen LogP contribution in [0, 0.1) is 20.8 Å². The predicted molar refractivity (Wildman–Crippen MR) is 139 cm³/mol. The molecule has 0 unspecified atom stereocenters. The Morgan fingerprint density at radius 3 is 2.46 bits per heavy atom. The molecule has 7 nitrogen and oxygen atoms in total. The van der Waals surface area contributed by atoms with Gasteiger partial charge in [-0.1, -0.05) is 48.0 Å². The molecule has 0 fully saturated rings. The van der Waals surface area contributed by atoms with Gasteiger partial charge in [-0.3, -0.25) is 4.79 Å². The van der Waals surface area contributed by atoms with Crippen LogP contribution in [0.5, 0.6) is 0 Å². The van der Waals surface area contributed by atoms with E-state index in [4.69, 9.17) is 0 Å². The van der Waals surface area contributed by atoms with Gasteiger partial charge in [0.05, 0.1) is 17.2 Å². The molecular weight excluding hydrogens is 480 g/mol. The highest BCUT2D eigenvalue weighted by molar-refractivity contribution is 7.89. The van der Waals surface area contributed by atoms with E-state index >= 15 is 0 Å². The van der Waals surface area contributed by atoms with Gasteiger partial charge in [-0.15, -0.1) is 0 Å². The second kappa shape index (κ2) is 8.99. The number of H-pyrrole nitrogens is 1. The zero-order valence-electron chi connectivity index (χ0n) is 19.6. The zero-order chi connectivity index (χ0) is 24.7. The van der Waals surface area contributed by atoms with Gasteiger partial charge in [0.2, 0.25) is 10.0 Å². The van der Waals surface area contributed by atoms with Crippen LogP contribution in [-0.4, -0.2) is 26.5 Å². The molecule has 0 bridgehead atoms.